The molecule has 4 nitrogen and oxygen atoms in total. The van der Waals surface area contributed by atoms with Crippen LogP contribution in [-0.2, 0) is 0 Å². The fourth-order valence-electron chi connectivity index (χ4n) is 3.11. The van der Waals surface area contributed by atoms with Crippen molar-refractivity contribution in [2.75, 3.05) is 0 Å². The number of benzene rings is 3. The number of hydrogen-bond acceptors (Lipinski definition) is 3. The highest BCUT2D eigenvalue weighted by molar-refractivity contribution is 6.00. The van der Waals surface area contributed by atoms with Gasteiger partial charge in [0.25, 0.3) is 5.91 Å². The molecule has 0 bridgehead atoms. The van der Waals surface area contributed by atoms with Crippen molar-refractivity contribution in [1.82, 2.24) is 10.3 Å². The van der Waals surface area contributed by atoms with Crippen molar-refractivity contribution < 1.29 is 13.6 Å². The van der Waals surface area contributed by atoms with E-state index in [0.29, 0.717) is 28.3 Å². The second-order valence-corrected chi connectivity index (χ2v) is 6.69. The monoisotopic (exact) mass is 386 g/mol. The zero-order chi connectivity index (χ0) is 20.2. The van der Waals surface area contributed by atoms with Crippen molar-refractivity contribution in [1.29, 1.82) is 0 Å². The van der Waals surface area contributed by atoms with Crippen molar-refractivity contribution in [3.05, 3.63) is 102 Å². The van der Waals surface area contributed by atoms with E-state index in [4.69, 9.17) is 4.42 Å². The number of oxazole rings is 1. The molecule has 3 aromatic carbocycles. The molecule has 0 radical (unpaired) electrons. The van der Waals surface area contributed by atoms with Gasteiger partial charge in [-0.3, -0.25) is 4.79 Å². The van der Waals surface area contributed by atoms with E-state index in [-0.39, 0.29) is 17.8 Å². The second-order valence-electron chi connectivity index (χ2n) is 6.69. The molecule has 144 valence electrons. The molecule has 5 heteroatoms. The molecule has 1 aromatic heterocycles. The number of hydrogen-bond donors (Lipinski definition) is 1. The number of carbonyl (C=O) groups is 1. The van der Waals surface area contributed by atoms with Gasteiger partial charge < -0.3 is 9.73 Å². The van der Waals surface area contributed by atoms with Crippen LogP contribution < -0.4 is 5.32 Å². The average Bonchev–Trinajstić information content (AvgIpc) is 3.25. The summed E-state index contributed by atoms with van der Waals surface area (Å²) in [7, 11) is 0. The molecule has 0 spiro atoms. The summed E-state index contributed by atoms with van der Waals surface area (Å²) in [4.78, 5) is 17.2. The largest absolute Gasteiger partial charge is 0.436 e. The van der Waals surface area contributed by atoms with Crippen LogP contribution in [0.3, 0.4) is 0 Å². The van der Waals surface area contributed by atoms with Gasteiger partial charge in [-0.2, -0.15) is 0 Å². The van der Waals surface area contributed by atoms with Crippen LogP contribution >= 0.6 is 0 Å². The first kappa shape index (κ1) is 18.6. The van der Waals surface area contributed by atoms with Gasteiger partial charge in [0.15, 0.2) is 5.76 Å². The Morgan fingerprint density at radius 2 is 1.66 bits per heavy atom. The molecule has 1 amide bonds. The number of halogens is 1. The summed E-state index contributed by atoms with van der Waals surface area (Å²) < 4.78 is 19.0. The molecule has 1 N–H and O–H groups in total. The normalized spacial score (nSPS) is 11.8. The van der Waals surface area contributed by atoms with Crippen LogP contribution in [0.4, 0.5) is 4.39 Å². The van der Waals surface area contributed by atoms with Crippen LogP contribution in [0.2, 0.25) is 0 Å². The van der Waals surface area contributed by atoms with E-state index in [9.17, 15) is 9.18 Å². The van der Waals surface area contributed by atoms with Crippen LogP contribution in [0.15, 0.2) is 89.5 Å². The van der Waals surface area contributed by atoms with Crippen molar-refractivity contribution in [3.8, 4) is 22.8 Å². The standard InChI is InChI=1S/C24H19FN2O2/c1-16(17-7-3-2-4-8-17)27-23(28)20-9-5-6-10-21(20)24-26-15-22(29-24)18-11-13-19(25)14-12-18/h2-16H,1H3,(H,27,28). The molecule has 0 aliphatic rings. The molecular formula is C24H19FN2O2. The summed E-state index contributed by atoms with van der Waals surface area (Å²) in [6.45, 7) is 1.94. The Kier molecular flexibility index (Phi) is 5.20. The predicted octanol–water partition coefficient (Wildman–Crippen LogP) is 5.64. The zero-order valence-corrected chi connectivity index (χ0v) is 15.8. The lowest BCUT2D eigenvalue weighted by atomic mass is 10.0. The van der Waals surface area contributed by atoms with Crippen molar-refractivity contribution >= 4 is 5.91 Å². The highest BCUT2D eigenvalue weighted by atomic mass is 19.1. The number of carbonyl (C=O) groups excluding carboxylic acids is 1. The van der Waals surface area contributed by atoms with E-state index >= 15 is 0 Å². The first-order valence-corrected chi connectivity index (χ1v) is 9.29. The lowest BCUT2D eigenvalue weighted by Gasteiger charge is -2.15. The van der Waals surface area contributed by atoms with Crippen LogP contribution in [0, 0.1) is 5.82 Å². The zero-order valence-electron chi connectivity index (χ0n) is 15.8. The minimum Gasteiger partial charge on any atom is -0.436 e. The Bertz CT molecular complexity index is 1120. The molecule has 4 rings (SSSR count). The van der Waals surface area contributed by atoms with Crippen molar-refractivity contribution in [3.63, 3.8) is 0 Å². The van der Waals surface area contributed by atoms with Crippen LogP contribution in [0.1, 0.15) is 28.9 Å². The maximum absolute atomic E-state index is 13.2. The van der Waals surface area contributed by atoms with Crippen LogP contribution in [-0.4, -0.2) is 10.9 Å². The fourth-order valence-corrected chi connectivity index (χ4v) is 3.11. The third-order valence-electron chi connectivity index (χ3n) is 4.68. The maximum Gasteiger partial charge on any atom is 0.252 e. The Hall–Kier alpha value is -3.73. The van der Waals surface area contributed by atoms with Gasteiger partial charge in [-0.15, -0.1) is 0 Å². The summed E-state index contributed by atoms with van der Waals surface area (Å²) in [5.74, 6) is 0.317. The van der Waals surface area contributed by atoms with Gasteiger partial charge in [0, 0.05) is 11.1 Å². The van der Waals surface area contributed by atoms with Gasteiger partial charge in [-0.05, 0) is 48.9 Å². The summed E-state index contributed by atoms with van der Waals surface area (Å²) in [5.41, 5.74) is 2.80. The first-order chi connectivity index (χ1) is 14.1. The number of nitrogens with zero attached hydrogens (tertiary/aromatic N) is 1. The summed E-state index contributed by atoms with van der Waals surface area (Å²) in [5, 5.41) is 3.02. The smallest absolute Gasteiger partial charge is 0.252 e. The van der Waals surface area contributed by atoms with E-state index in [2.05, 4.69) is 10.3 Å². The van der Waals surface area contributed by atoms with Gasteiger partial charge in [0.2, 0.25) is 5.89 Å². The minimum atomic E-state index is -0.317. The Morgan fingerprint density at radius 3 is 2.41 bits per heavy atom. The summed E-state index contributed by atoms with van der Waals surface area (Å²) in [6, 6.07) is 22.8. The molecule has 0 aliphatic carbocycles. The van der Waals surface area contributed by atoms with E-state index < -0.39 is 0 Å². The molecule has 1 atom stereocenters. The van der Waals surface area contributed by atoms with E-state index in [0.717, 1.165) is 5.56 Å². The van der Waals surface area contributed by atoms with Gasteiger partial charge in [0.1, 0.15) is 5.82 Å². The molecule has 0 aliphatic heterocycles. The Balaban J connectivity index is 1.60. The number of aromatic nitrogens is 1. The Labute approximate surface area is 168 Å². The number of amides is 1. The van der Waals surface area contributed by atoms with Gasteiger partial charge in [-0.25, -0.2) is 9.37 Å². The maximum atomic E-state index is 13.2. The average molecular weight is 386 g/mol. The Morgan fingerprint density at radius 1 is 0.966 bits per heavy atom. The summed E-state index contributed by atoms with van der Waals surface area (Å²) >= 11 is 0. The van der Waals surface area contributed by atoms with Crippen LogP contribution in [0.5, 0.6) is 0 Å². The van der Waals surface area contributed by atoms with Crippen molar-refractivity contribution in [2.45, 2.75) is 13.0 Å². The molecule has 0 saturated heterocycles. The topological polar surface area (TPSA) is 55.1 Å². The number of nitrogens with one attached hydrogen (secondary N) is 1. The van der Waals surface area contributed by atoms with Gasteiger partial charge in [-0.1, -0.05) is 42.5 Å². The highest BCUT2D eigenvalue weighted by Crippen LogP contribution is 2.28. The summed E-state index contributed by atoms with van der Waals surface area (Å²) in [6.07, 6.45) is 1.57. The highest BCUT2D eigenvalue weighted by Gasteiger charge is 2.18. The molecular weight excluding hydrogens is 367 g/mol. The third-order valence-corrected chi connectivity index (χ3v) is 4.68. The molecule has 0 fully saturated rings. The van der Waals surface area contributed by atoms with E-state index in [1.54, 1.807) is 36.5 Å². The van der Waals surface area contributed by atoms with Crippen LogP contribution in [0.25, 0.3) is 22.8 Å². The minimum absolute atomic E-state index is 0.143. The quantitative estimate of drug-likeness (QED) is 0.483. The molecule has 29 heavy (non-hydrogen) atoms. The third kappa shape index (κ3) is 4.09. The lowest BCUT2D eigenvalue weighted by molar-refractivity contribution is 0.0940. The van der Waals surface area contributed by atoms with Gasteiger partial charge in [0.05, 0.1) is 17.8 Å². The van der Waals surface area contributed by atoms with E-state index in [1.807, 2.05) is 43.3 Å². The predicted molar refractivity (Wildman–Crippen MR) is 110 cm³/mol. The second kappa shape index (κ2) is 8.10. The van der Waals surface area contributed by atoms with Gasteiger partial charge >= 0.3 is 0 Å². The SMILES string of the molecule is CC(NC(=O)c1ccccc1-c1ncc(-c2ccc(F)cc2)o1)c1ccccc1. The lowest BCUT2D eigenvalue weighted by Crippen LogP contribution is -2.27. The molecule has 0 saturated carbocycles. The first-order valence-electron chi connectivity index (χ1n) is 9.29. The number of rotatable bonds is 5. The fraction of sp³-hybridized carbons (Fsp3) is 0.0833. The molecule has 1 unspecified atom stereocenters. The molecule has 1 heterocycles. The van der Waals surface area contributed by atoms with Crippen molar-refractivity contribution in [2.24, 2.45) is 0 Å². The van der Waals surface area contributed by atoms with E-state index in [1.165, 1.54) is 12.1 Å². The molecule has 4 aromatic rings.